The van der Waals surface area contributed by atoms with Crippen LogP contribution < -0.4 is 16.2 Å². The summed E-state index contributed by atoms with van der Waals surface area (Å²) in [7, 11) is 0. The zero-order valence-corrected chi connectivity index (χ0v) is 11.8. The summed E-state index contributed by atoms with van der Waals surface area (Å²) in [5.74, 6) is 0.758. The largest absolute Gasteiger partial charge is 0.493 e. The third-order valence-corrected chi connectivity index (χ3v) is 2.96. The first kappa shape index (κ1) is 14.6. The molecule has 0 spiro atoms. The highest BCUT2D eigenvalue weighted by Gasteiger charge is 2.16. The number of para-hydroxylation sites is 1. The Kier molecular flexibility index (Phi) is 4.57. The van der Waals surface area contributed by atoms with Gasteiger partial charge in [0.15, 0.2) is 0 Å². The molecular weight excluding hydrogens is 266 g/mol. The van der Waals surface area contributed by atoms with Gasteiger partial charge in [0.25, 0.3) is 0 Å². The number of unbranched alkanes of at least 4 members (excludes halogenated alkanes) is 1. The van der Waals surface area contributed by atoms with Gasteiger partial charge in [0, 0.05) is 5.56 Å². The molecule has 2 aromatic rings. The zero-order valence-electron chi connectivity index (χ0n) is 11.8. The van der Waals surface area contributed by atoms with Gasteiger partial charge in [-0.1, -0.05) is 25.5 Å². The lowest BCUT2D eigenvalue weighted by Gasteiger charge is -2.12. The van der Waals surface area contributed by atoms with E-state index in [2.05, 4.69) is 16.9 Å². The molecule has 6 heteroatoms. The maximum absolute atomic E-state index is 9.26. The number of hydrogen-bond acceptors (Lipinski definition) is 6. The molecule has 6 nitrogen and oxygen atoms in total. The number of nitrogens with zero attached hydrogens (tertiary/aromatic N) is 3. The number of benzene rings is 1. The third-order valence-electron chi connectivity index (χ3n) is 2.96. The molecule has 0 aliphatic rings. The summed E-state index contributed by atoms with van der Waals surface area (Å²) < 4.78 is 5.76. The van der Waals surface area contributed by atoms with E-state index in [4.69, 9.17) is 16.2 Å². The van der Waals surface area contributed by atoms with Crippen LogP contribution in [0.3, 0.4) is 0 Å². The molecule has 108 valence electrons. The van der Waals surface area contributed by atoms with Crippen molar-refractivity contribution in [3.05, 3.63) is 29.8 Å². The normalized spacial score (nSPS) is 10.1. The first-order chi connectivity index (χ1) is 10.2. The van der Waals surface area contributed by atoms with Crippen LogP contribution in [0, 0.1) is 11.3 Å². The van der Waals surface area contributed by atoms with Crippen molar-refractivity contribution in [2.45, 2.75) is 19.8 Å². The Labute approximate surface area is 123 Å². The Hall–Kier alpha value is -2.81. The third kappa shape index (κ3) is 3.20. The van der Waals surface area contributed by atoms with Crippen LogP contribution in [0.4, 0.5) is 11.8 Å². The van der Waals surface area contributed by atoms with Gasteiger partial charge in [0.05, 0.1) is 12.3 Å². The van der Waals surface area contributed by atoms with Crippen LogP contribution in [-0.4, -0.2) is 16.6 Å². The van der Waals surface area contributed by atoms with Crippen molar-refractivity contribution in [2.24, 2.45) is 0 Å². The highest BCUT2D eigenvalue weighted by Crippen LogP contribution is 2.32. The van der Waals surface area contributed by atoms with Crippen molar-refractivity contribution < 1.29 is 4.74 Å². The summed E-state index contributed by atoms with van der Waals surface area (Å²) in [4.78, 5) is 7.96. The molecule has 0 saturated heterocycles. The summed E-state index contributed by atoms with van der Waals surface area (Å²) in [6, 6.07) is 9.39. The monoisotopic (exact) mass is 283 g/mol. The second kappa shape index (κ2) is 6.57. The van der Waals surface area contributed by atoms with E-state index < -0.39 is 0 Å². The van der Waals surface area contributed by atoms with Crippen molar-refractivity contribution in [2.75, 3.05) is 18.1 Å². The van der Waals surface area contributed by atoms with Crippen molar-refractivity contribution in [3.8, 4) is 23.1 Å². The van der Waals surface area contributed by atoms with Gasteiger partial charge >= 0.3 is 0 Å². The fourth-order valence-corrected chi connectivity index (χ4v) is 1.92. The number of nitrogens with two attached hydrogens (primary N) is 2. The lowest BCUT2D eigenvalue weighted by atomic mass is 10.1. The molecule has 2 rings (SSSR count). The average molecular weight is 283 g/mol. The minimum absolute atomic E-state index is 0.0323. The Balaban J connectivity index is 2.50. The summed E-state index contributed by atoms with van der Waals surface area (Å²) in [6.07, 6.45) is 1.99. The van der Waals surface area contributed by atoms with E-state index in [1.165, 1.54) is 0 Å². The van der Waals surface area contributed by atoms with E-state index in [0.29, 0.717) is 23.6 Å². The quantitative estimate of drug-likeness (QED) is 0.815. The molecule has 0 saturated carbocycles. The molecule has 0 bridgehead atoms. The molecule has 21 heavy (non-hydrogen) atoms. The summed E-state index contributed by atoms with van der Waals surface area (Å²) in [5.41, 5.74) is 12.7. The van der Waals surface area contributed by atoms with E-state index in [9.17, 15) is 5.26 Å². The minimum Gasteiger partial charge on any atom is -0.493 e. The number of ether oxygens (including phenoxy) is 1. The van der Waals surface area contributed by atoms with Gasteiger partial charge in [0.2, 0.25) is 5.95 Å². The number of nitrogen functional groups attached to an aromatic ring is 2. The second-order valence-electron chi connectivity index (χ2n) is 4.50. The lowest BCUT2D eigenvalue weighted by Crippen LogP contribution is -2.06. The number of rotatable bonds is 5. The minimum atomic E-state index is 0.0323. The molecule has 0 amide bonds. The van der Waals surface area contributed by atoms with Crippen LogP contribution in [0.25, 0.3) is 11.3 Å². The molecule has 0 aliphatic heterocycles. The standard InChI is InChI=1S/C15H17N5O/c1-2-3-8-21-12-7-5-4-6-10(12)13-11(9-16)14(17)20-15(18)19-13/h4-7H,2-3,8H2,1H3,(H4,17,18,19,20). The lowest BCUT2D eigenvalue weighted by molar-refractivity contribution is 0.310. The average Bonchev–Trinajstić information content (AvgIpc) is 2.47. The van der Waals surface area contributed by atoms with Crippen molar-refractivity contribution in [1.29, 1.82) is 5.26 Å². The first-order valence-corrected chi connectivity index (χ1v) is 6.72. The molecule has 4 N–H and O–H groups in total. The molecule has 0 unspecified atom stereocenters. The first-order valence-electron chi connectivity index (χ1n) is 6.72. The zero-order chi connectivity index (χ0) is 15.2. The summed E-state index contributed by atoms with van der Waals surface area (Å²) in [6.45, 7) is 2.69. The fraction of sp³-hybridized carbons (Fsp3) is 0.267. The van der Waals surface area contributed by atoms with Crippen LogP contribution in [0.5, 0.6) is 5.75 Å². The maximum Gasteiger partial charge on any atom is 0.222 e. The smallest absolute Gasteiger partial charge is 0.222 e. The SMILES string of the molecule is CCCCOc1ccccc1-c1nc(N)nc(N)c1C#N. The molecule has 1 aromatic carbocycles. The molecule has 1 heterocycles. The molecule has 0 aliphatic carbocycles. The highest BCUT2D eigenvalue weighted by atomic mass is 16.5. The second-order valence-corrected chi connectivity index (χ2v) is 4.50. The van der Waals surface area contributed by atoms with Crippen LogP contribution in [0.1, 0.15) is 25.3 Å². The van der Waals surface area contributed by atoms with E-state index in [-0.39, 0.29) is 17.3 Å². The van der Waals surface area contributed by atoms with E-state index in [1.807, 2.05) is 30.3 Å². The topological polar surface area (TPSA) is 111 Å². The molecule has 0 fully saturated rings. The van der Waals surface area contributed by atoms with Gasteiger partial charge < -0.3 is 16.2 Å². The summed E-state index contributed by atoms with van der Waals surface area (Å²) >= 11 is 0. The summed E-state index contributed by atoms with van der Waals surface area (Å²) in [5, 5.41) is 9.26. The Morgan fingerprint density at radius 3 is 2.71 bits per heavy atom. The van der Waals surface area contributed by atoms with Crippen LogP contribution in [-0.2, 0) is 0 Å². The fourth-order valence-electron chi connectivity index (χ4n) is 1.92. The molecule has 0 radical (unpaired) electrons. The van der Waals surface area contributed by atoms with Crippen LogP contribution in [0.2, 0.25) is 0 Å². The van der Waals surface area contributed by atoms with Gasteiger partial charge in [-0.3, -0.25) is 0 Å². The number of nitriles is 1. The van der Waals surface area contributed by atoms with Crippen molar-refractivity contribution in [3.63, 3.8) is 0 Å². The van der Waals surface area contributed by atoms with Gasteiger partial charge in [-0.15, -0.1) is 0 Å². The number of aromatic nitrogens is 2. The molecular formula is C15H17N5O. The van der Waals surface area contributed by atoms with Crippen molar-refractivity contribution >= 4 is 11.8 Å². The Bertz CT molecular complexity index is 678. The van der Waals surface area contributed by atoms with E-state index in [1.54, 1.807) is 0 Å². The van der Waals surface area contributed by atoms with Gasteiger partial charge in [-0.2, -0.15) is 10.2 Å². The Morgan fingerprint density at radius 1 is 1.24 bits per heavy atom. The van der Waals surface area contributed by atoms with Crippen LogP contribution in [0.15, 0.2) is 24.3 Å². The van der Waals surface area contributed by atoms with E-state index >= 15 is 0 Å². The van der Waals surface area contributed by atoms with Crippen molar-refractivity contribution in [1.82, 2.24) is 9.97 Å². The Morgan fingerprint density at radius 2 is 2.00 bits per heavy atom. The predicted octanol–water partition coefficient (Wildman–Crippen LogP) is 2.36. The van der Waals surface area contributed by atoms with Gasteiger partial charge in [-0.05, 0) is 18.6 Å². The highest BCUT2D eigenvalue weighted by molar-refractivity contribution is 5.77. The maximum atomic E-state index is 9.26. The number of hydrogen-bond donors (Lipinski definition) is 2. The molecule has 0 atom stereocenters. The molecule has 1 aromatic heterocycles. The van der Waals surface area contributed by atoms with Gasteiger partial charge in [0.1, 0.15) is 23.2 Å². The number of anilines is 2. The van der Waals surface area contributed by atoms with Crippen LogP contribution >= 0.6 is 0 Å². The van der Waals surface area contributed by atoms with Gasteiger partial charge in [-0.25, -0.2) is 4.98 Å². The van der Waals surface area contributed by atoms with E-state index in [0.717, 1.165) is 12.8 Å². The predicted molar refractivity (Wildman–Crippen MR) is 81.4 cm³/mol.